The van der Waals surface area contributed by atoms with Crippen LogP contribution in [0.25, 0.3) is 11.0 Å². The zero-order chi connectivity index (χ0) is 23.5. The lowest BCUT2D eigenvalue weighted by atomic mass is 10.0. The van der Waals surface area contributed by atoms with Gasteiger partial charge in [0.05, 0.1) is 40.0 Å². The van der Waals surface area contributed by atoms with Crippen molar-refractivity contribution in [2.75, 3.05) is 37.8 Å². The number of likely N-dealkylation sites (tertiary alicyclic amines) is 1. The summed E-state index contributed by atoms with van der Waals surface area (Å²) in [5.74, 6) is 1.62. The van der Waals surface area contributed by atoms with Crippen LogP contribution in [0.2, 0.25) is 0 Å². The summed E-state index contributed by atoms with van der Waals surface area (Å²) in [5, 5.41) is 16.0. The molecule has 5 heterocycles. The first-order valence-corrected chi connectivity index (χ1v) is 12.2. The SMILES string of the molecule is COc1ccc2ncc(C#N)c(CCN3CCC(NCc4ccc5c(n4)NC(=O)CS5)C3)c2n1. The van der Waals surface area contributed by atoms with E-state index in [0.717, 1.165) is 59.7 Å². The Kier molecular flexibility index (Phi) is 6.58. The number of nitrogens with one attached hydrogen (secondary N) is 2. The topological polar surface area (TPSA) is 116 Å². The molecule has 2 N–H and O–H groups in total. The first-order chi connectivity index (χ1) is 16.6. The average Bonchev–Trinajstić information content (AvgIpc) is 3.33. The minimum atomic E-state index is -0.00304. The van der Waals surface area contributed by atoms with Crippen LogP contribution in [0.4, 0.5) is 5.82 Å². The highest BCUT2D eigenvalue weighted by atomic mass is 32.2. The first kappa shape index (κ1) is 22.5. The van der Waals surface area contributed by atoms with E-state index in [2.05, 4.69) is 36.6 Å². The maximum absolute atomic E-state index is 11.6. The van der Waals surface area contributed by atoms with E-state index in [1.165, 1.54) is 11.8 Å². The summed E-state index contributed by atoms with van der Waals surface area (Å²) in [6.07, 6.45) is 3.40. The van der Waals surface area contributed by atoms with Gasteiger partial charge in [0.2, 0.25) is 11.8 Å². The number of pyridine rings is 3. The summed E-state index contributed by atoms with van der Waals surface area (Å²) in [6, 6.07) is 10.3. The van der Waals surface area contributed by atoms with E-state index in [4.69, 9.17) is 4.74 Å². The summed E-state index contributed by atoms with van der Waals surface area (Å²) in [4.78, 5) is 28.6. The van der Waals surface area contributed by atoms with Crippen LogP contribution in [-0.4, -0.2) is 64.3 Å². The van der Waals surface area contributed by atoms with Crippen LogP contribution in [0.5, 0.6) is 5.88 Å². The number of hydrogen-bond acceptors (Lipinski definition) is 9. The number of amides is 1. The number of nitriles is 1. The van der Waals surface area contributed by atoms with Gasteiger partial charge in [-0.25, -0.2) is 9.97 Å². The van der Waals surface area contributed by atoms with Gasteiger partial charge in [-0.3, -0.25) is 9.78 Å². The van der Waals surface area contributed by atoms with Crippen LogP contribution >= 0.6 is 11.8 Å². The minimum Gasteiger partial charge on any atom is -0.481 e. The molecule has 5 rings (SSSR count). The normalized spacial score (nSPS) is 17.9. The van der Waals surface area contributed by atoms with Crippen molar-refractivity contribution in [3.63, 3.8) is 0 Å². The van der Waals surface area contributed by atoms with E-state index in [1.807, 2.05) is 18.2 Å². The van der Waals surface area contributed by atoms with Crippen molar-refractivity contribution in [3.05, 3.63) is 47.3 Å². The van der Waals surface area contributed by atoms with Gasteiger partial charge in [0.15, 0.2) is 0 Å². The third-order valence-corrected chi connectivity index (χ3v) is 7.22. The van der Waals surface area contributed by atoms with Crippen LogP contribution in [-0.2, 0) is 17.8 Å². The number of methoxy groups -OCH3 is 1. The van der Waals surface area contributed by atoms with Gasteiger partial charge >= 0.3 is 0 Å². The lowest BCUT2D eigenvalue weighted by Gasteiger charge is -2.18. The zero-order valence-corrected chi connectivity index (χ0v) is 19.7. The molecule has 0 bridgehead atoms. The van der Waals surface area contributed by atoms with Crippen molar-refractivity contribution >= 4 is 34.5 Å². The summed E-state index contributed by atoms with van der Waals surface area (Å²) >= 11 is 1.52. The van der Waals surface area contributed by atoms with Crippen molar-refractivity contribution in [1.82, 2.24) is 25.2 Å². The van der Waals surface area contributed by atoms with Gasteiger partial charge in [0.1, 0.15) is 11.9 Å². The smallest absolute Gasteiger partial charge is 0.235 e. The molecule has 10 heteroatoms. The molecule has 0 saturated carbocycles. The van der Waals surface area contributed by atoms with Gasteiger partial charge in [-0.05, 0) is 37.6 Å². The summed E-state index contributed by atoms with van der Waals surface area (Å²) in [7, 11) is 1.58. The fourth-order valence-electron chi connectivity index (χ4n) is 4.39. The number of carbonyl (C=O) groups excluding carboxylic acids is 1. The van der Waals surface area contributed by atoms with Crippen molar-refractivity contribution in [1.29, 1.82) is 5.26 Å². The van der Waals surface area contributed by atoms with Gasteiger partial charge < -0.3 is 20.3 Å². The quantitative estimate of drug-likeness (QED) is 0.531. The Labute approximate surface area is 201 Å². The lowest BCUT2D eigenvalue weighted by Crippen LogP contribution is -2.33. The fourth-order valence-corrected chi connectivity index (χ4v) is 5.14. The number of nitrogens with zero attached hydrogens (tertiary/aromatic N) is 5. The second-order valence-electron chi connectivity index (χ2n) is 8.39. The summed E-state index contributed by atoms with van der Waals surface area (Å²) in [5.41, 5.74) is 3.90. The standard InChI is InChI=1S/C24H25N7O2S/c1-33-22-5-3-19-23(30-22)18(15(10-25)11-27-19)7-9-31-8-6-17(13-31)26-12-16-2-4-20-24(28-16)29-21(32)14-34-20/h2-5,11,17,26H,6-9,12-14H2,1H3,(H,28,29,32). The van der Waals surface area contributed by atoms with E-state index in [-0.39, 0.29) is 5.91 Å². The number of fused-ring (bicyclic) bond motifs is 2. The maximum Gasteiger partial charge on any atom is 0.235 e. The van der Waals surface area contributed by atoms with Crippen molar-refractivity contribution in [3.8, 4) is 11.9 Å². The fraction of sp³-hybridized carbons (Fsp3) is 0.375. The average molecular weight is 476 g/mol. The van der Waals surface area contributed by atoms with Gasteiger partial charge in [-0.15, -0.1) is 11.8 Å². The first-order valence-electron chi connectivity index (χ1n) is 11.2. The number of ether oxygens (including phenoxy) is 1. The van der Waals surface area contributed by atoms with E-state index in [0.29, 0.717) is 35.6 Å². The van der Waals surface area contributed by atoms with E-state index >= 15 is 0 Å². The summed E-state index contributed by atoms with van der Waals surface area (Å²) < 4.78 is 5.27. The van der Waals surface area contributed by atoms with E-state index in [1.54, 1.807) is 19.4 Å². The third-order valence-electron chi connectivity index (χ3n) is 6.18. The molecule has 2 aliphatic rings. The second kappa shape index (κ2) is 9.93. The molecule has 0 aliphatic carbocycles. The number of thioether (sulfide) groups is 1. The van der Waals surface area contributed by atoms with Gasteiger partial charge in [-0.2, -0.15) is 5.26 Å². The predicted molar refractivity (Wildman–Crippen MR) is 130 cm³/mol. The molecule has 1 amide bonds. The molecule has 1 fully saturated rings. The Balaban J connectivity index is 1.19. The lowest BCUT2D eigenvalue weighted by molar-refractivity contribution is -0.113. The Morgan fingerprint density at radius 3 is 3.09 bits per heavy atom. The number of carbonyl (C=O) groups is 1. The van der Waals surface area contributed by atoms with Crippen molar-refractivity contribution < 1.29 is 9.53 Å². The van der Waals surface area contributed by atoms with E-state index in [9.17, 15) is 10.1 Å². The molecular formula is C24H25N7O2S. The van der Waals surface area contributed by atoms with Crippen molar-refractivity contribution in [2.24, 2.45) is 0 Å². The van der Waals surface area contributed by atoms with Gasteiger partial charge in [0, 0.05) is 43.5 Å². The van der Waals surface area contributed by atoms with Crippen LogP contribution < -0.4 is 15.4 Å². The molecule has 0 radical (unpaired) electrons. The Morgan fingerprint density at radius 2 is 2.24 bits per heavy atom. The number of aromatic nitrogens is 3. The number of anilines is 1. The minimum absolute atomic E-state index is 0.00304. The Hall–Kier alpha value is -3.26. The zero-order valence-electron chi connectivity index (χ0n) is 18.9. The highest BCUT2D eigenvalue weighted by molar-refractivity contribution is 8.00. The highest BCUT2D eigenvalue weighted by Gasteiger charge is 2.23. The molecule has 1 unspecified atom stereocenters. The maximum atomic E-state index is 11.6. The number of hydrogen-bond donors (Lipinski definition) is 2. The molecule has 0 aromatic carbocycles. The molecule has 3 aromatic heterocycles. The second-order valence-corrected chi connectivity index (χ2v) is 9.40. The van der Waals surface area contributed by atoms with Crippen LogP contribution in [0.15, 0.2) is 35.4 Å². The van der Waals surface area contributed by atoms with E-state index < -0.39 is 0 Å². The van der Waals surface area contributed by atoms with Crippen LogP contribution in [0, 0.1) is 11.3 Å². The number of rotatable bonds is 7. The molecule has 3 aromatic rings. The molecule has 174 valence electrons. The molecule has 1 atom stereocenters. The predicted octanol–water partition coefficient (Wildman–Crippen LogP) is 2.36. The monoisotopic (exact) mass is 475 g/mol. The van der Waals surface area contributed by atoms with Gasteiger partial charge in [-0.1, -0.05) is 0 Å². The molecular weight excluding hydrogens is 450 g/mol. The van der Waals surface area contributed by atoms with Gasteiger partial charge in [0.25, 0.3) is 0 Å². The largest absolute Gasteiger partial charge is 0.481 e. The van der Waals surface area contributed by atoms with Crippen molar-refractivity contribution in [2.45, 2.75) is 30.3 Å². The highest BCUT2D eigenvalue weighted by Crippen LogP contribution is 2.29. The third kappa shape index (κ3) is 4.82. The molecule has 1 saturated heterocycles. The molecule has 34 heavy (non-hydrogen) atoms. The van der Waals surface area contributed by atoms with Crippen LogP contribution in [0.3, 0.4) is 0 Å². The Bertz CT molecular complexity index is 1280. The molecule has 0 spiro atoms. The molecule has 9 nitrogen and oxygen atoms in total. The summed E-state index contributed by atoms with van der Waals surface area (Å²) in [6.45, 7) is 3.41. The molecule has 2 aliphatic heterocycles. The van der Waals surface area contributed by atoms with Crippen LogP contribution in [0.1, 0.15) is 23.2 Å². The Morgan fingerprint density at radius 1 is 1.32 bits per heavy atom.